The summed E-state index contributed by atoms with van der Waals surface area (Å²) in [6.07, 6.45) is 1.79. The molecule has 0 radical (unpaired) electrons. The molecule has 3 rings (SSSR count). The van der Waals surface area contributed by atoms with Crippen LogP contribution < -0.4 is 10.5 Å². The standard InChI is InChI=1S/C15H15N3O2S/c1-3-19-11-6-4-10(5-7-11)13-14(18-20-15(13)16)12-8-17-9(2)21-12/h4-8H,3,16H2,1-2H3. The first-order chi connectivity index (χ1) is 10.2. The van der Waals surface area contributed by atoms with E-state index in [1.807, 2.05) is 38.1 Å². The molecule has 1 aromatic carbocycles. The number of hydrogen-bond donors (Lipinski definition) is 1. The van der Waals surface area contributed by atoms with Gasteiger partial charge in [-0.25, -0.2) is 4.98 Å². The Morgan fingerprint density at radius 1 is 1.29 bits per heavy atom. The largest absolute Gasteiger partial charge is 0.494 e. The predicted molar refractivity (Wildman–Crippen MR) is 83.4 cm³/mol. The highest BCUT2D eigenvalue weighted by Gasteiger charge is 2.19. The first-order valence-corrected chi connectivity index (χ1v) is 7.42. The van der Waals surface area contributed by atoms with Gasteiger partial charge in [0.1, 0.15) is 11.4 Å². The van der Waals surface area contributed by atoms with E-state index in [-0.39, 0.29) is 0 Å². The summed E-state index contributed by atoms with van der Waals surface area (Å²) in [5, 5.41) is 5.05. The Bertz CT molecular complexity index is 747. The molecule has 2 heterocycles. The first-order valence-electron chi connectivity index (χ1n) is 6.60. The van der Waals surface area contributed by atoms with Crippen LogP contribution >= 0.6 is 11.3 Å². The quantitative estimate of drug-likeness (QED) is 0.794. The summed E-state index contributed by atoms with van der Waals surface area (Å²) in [6.45, 7) is 4.55. The fourth-order valence-electron chi connectivity index (χ4n) is 2.11. The van der Waals surface area contributed by atoms with Crippen molar-refractivity contribution < 1.29 is 9.26 Å². The van der Waals surface area contributed by atoms with Gasteiger partial charge in [0.05, 0.1) is 22.1 Å². The number of thiazole rings is 1. The molecule has 0 saturated carbocycles. The lowest BCUT2D eigenvalue weighted by Crippen LogP contribution is -1.91. The zero-order valence-electron chi connectivity index (χ0n) is 11.8. The van der Waals surface area contributed by atoms with Gasteiger partial charge in [-0.3, -0.25) is 0 Å². The minimum atomic E-state index is 0.306. The summed E-state index contributed by atoms with van der Waals surface area (Å²) in [5.41, 5.74) is 8.40. The van der Waals surface area contributed by atoms with Crippen molar-refractivity contribution in [1.82, 2.24) is 10.1 Å². The third-order valence-corrected chi connectivity index (χ3v) is 3.95. The Kier molecular flexibility index (Phi) is 3.62. The zero-order valence-corrected chi connectivity index (χ0v) is 12.6. The molecule has 0 amide bonds. The molecular weight excluding hydrogens is 286 g/mol. The molecule has 0 fully saturated rings. The van der Waals surface area contributed by atoms with Crippen LogP contribution in [0.15, 0.2) is 35.0 Å². The van der Waals surface area contributed by atoms with Crippen LogP contribution in [0.3, 0.4) is 0 Å². The molecule has 6 heteroatoms. The second-order valence-electron chi connectivity index (χ2n) is 4.47. The lowest BCUT2D eigenvalue weighted by molar-refractivity contribution is 0.340. The molecule has 0 spiro atoms. The van der Waals surface area contributed by atoms with Gasteiger partial charge in [-0.2, -0.15) is 0 Å². The minimum absolute atomic E-state index is 0.306. The van der Waals surface area contributed by atoms with E-state index in [9.17, 15) is 0 Å². The van der Waals surface area contributed by atoms with Crippen LogP contribution in [0.25, 0.3) is 21.7 Å². The SMILES string of the molecule is CCOc1ccc(-c2c(-c3cnc(C)s3)noc2N)cc1. The summed E-state index contributed by atoms with van der Waals surface area (Å²) in [4.78, 5) is 5.19. The average Bonchev–Trinajstić information content (AvgIpc) is 3.06. The lowest BCUT2D eigenvalue weighted by Gasteiger charge is -2.05. The fraction of sp³-hybridized carbons (Fsp3) is 0.200. The van der Waals surface area contributed by atoms with Crippen LogP contribution in [-0.2, 0) is 0 Å². The molecule has 0 aliphatic heterocycles. The third-order valence-electron chi connectivity index (χ3n) is 3.03. The van der Waals surface area contributed by atoms with Crippen molar-refractivity contribution in [2.24, 2.45) is 0 Å². The summed E-state index contributed by atoms with van der Waals surface area (Å²) < 4.78 is 10.6. The number of anilines is 1. The molecule has 0 unspecified atom stereocenters. The summed E-state index contributed by atoms with van der Waals surface area (Å²) in [5.74, 6) is 1.13. The number of aromatic nitrogens is 2. The molecule has 5 nitrogen and oxygen atoms in total. The van der Waals surface area contributed by atoms with Crippen molar-refractivity contribution in [2.45, 2.75) is 13.8 Å². The highest BCUT2D eigenvalue weighted by atomic mass is 32.1. The van der Waals surface area contributed by atoms with Gasteiger partial charge in [0, 0.05) is 6.20 Å². The number of nitrogens with two attached hydrogens (primary N) is 1. The van der Waals surface area contributed by atoms with Crippen LogP contribution in [0, 0.1) is 6.92 Å². The number of rotatable bonds is 4. The van der Waals surface area contributed by atoms with Crippen LogP contribution in [0.4, 0.5) is 5.88 Å². The molecule has 0 aliphatic rings. The van der Waals surface area contributed by atoms with Crippen molar-refractivity contribution in [3.8, 4) is 27.4 Å². The number of nitrogens with zero attached hydrogens (tertiary/aromatic N) is 2. The van der Waals surface area contributed by atoms with Gasteiger partial charge < -0.3 is 15.0 Å². The zero-order chi connectivity index (χ0) is 14.8. The normalized spacial score (nSPS) is 10.8. The van der Waals surface area contributed by atoms with E-state index < -0.39 is 0 Å². The van der Waals surface area contributed by atoms with Gasteiger partial charge in [0.25, 0.3) is 0 Å². The van der Waals surface area contributed by atoms with Gasteiger partial charge >= 0.3 is 0 Å². The van der Waals surface area contributed by atoms with Gasteiger partial charge in [0.15, 0.2) is 0 Å². The summed E-state index contributed by atoms with van der Waals surface area (Å²) in [7, 11) is 0. The highest BCUT2D eigenvalue weighted by Crippen LogP contribution is 2.38. The Morgan fingerprint density at radius 3 is 2.67 bits per heavy atom. The topological polar surface area (TPSA) is 74.2 Å². The summed E-state index contributed by atoms with van der Waals surface area (Å²) in [6, 6.07) is 7.72. The number of nitrogen functional groups attached to an aromatic ring is 1. The molecule has 108 valence electrons. The molecule has 21 heavy (non-hydrogen) atoms. The van der Waals surface area contributed by atoms with Crippen LogP contribution in [-0.4, -0.2) is 16.7 Å². The number of hydrogen-bond acceptors (Lipinski definition) is 6. The van der Waals surface area contributed by atoms with Crippen molar-refractivity contribution >= 4 is 17.2 Å². The second-order valence-corrected chi connectivity index (χ2v) is 5.71. The van der Waals surface area contributed by atoms with E-state index in [0.29, 0.717) is 12.5 Å². The van der Waals surface area contributed by atoms with Gasteiger partial charge in [-0.15, -0.1) is 11.3 Å². The maximum atomic E-state index is 5.94. The van der Waals surface area contributed by atoms with Crippen LogP contribution in [0.5, 0.6) is 5.75 Å². The maximum Gasteiger partial charge on any atom is 0.230 e. The highest BCUT2D eigenvalue weighted by molar-refractivity contribution is 7.15. The van der Waals surface area contributed by atoms with Crippen LogP contribution in [0.1, 0.15) is 11.9 Å². The number of aryl methyl sites for hydroxylation is 1. The Labute approximate surface area is 126 Å². The Balaban J connectivity index is 2.04. The predicted octanol–water partition coefficient (Wildman–Crippen LogP) is 3.75. The Hall–Kier alpha value is -2.34. The third kappa shape index (κ3) is 2.62. The van der Waals surface area contributed by atoms with Crippen molar-refractivity contribution in [3.63, 3.8) is 0 Å². The van der Waals surface area contributed by atoms with Gasteiger partial charge in [-0.1, -0.05) is 17.3 Å². The first kappa shape index (κ1) is 13.6. The van der Waals surface area contributed by atoms with Crippen molar-refractivity contribution in [3.05, 3.63) is 35.5 Å². The molecule has 2 N–H and O–H groups in total. The van der Waals surface area contributed by atoms with E-state index in [1.165, 1.54) is 0 Å². The Morgan fingerprint density at radius 2 is 2.05 bits per heavy atom. The molecule has 3 aromatic rings. The molecule has 0 aliphatic carbocycles. The van der Waals surface area contributed by atoms with Gasteiger partial charge in [-0.05, 0) is 31.5 Å². The molecule has 0 saturated heterocycles. The van der Waals surface area contributed by atoms with E-state index in [1.54, 1.807) is 17.5 Å². The van der Waals surface area contributed by atoms with Crippen molar-refractivity contribution in [2.75, 3.05) is 12.3 Å². The van der Waals surface area contributed by atoms with Crippen molar-refractivity contribution in [1.29, 1.82) is 0 Å². The molecule has 0 bridgehead atoms. The molecule has 2 aromatic heterocycles. The number of benzene rings is 1. The molecule has 0 atom stereocenters. The second kappa shape index (κ2) is 5.57. The lowest BCUT2D eigenvalue weighted by atomic mass is 10.0. The monoisotopic (exact) mass is 301 g/mol. The van der Waals surface area contributed by atoms with Crippen LogP contribution in [0.2, 0.25) is 0 Å². The van der Waals surface area contributed by atoms with E-state index in [4.69, 9.17) is 15.0 Å². The van der Waals surface area contributed by atoms with E-state index >= 15 is 0 Å². The smallest absolute Gasteiger partial charge is 0.230 e. The van der Waals surface area contributed by atoms with Gasteiger partial charge in [0.2, 0.25) is 5.88 Å². The maximum absolute atomic E-state index is 5.94. The van der Waals surface area contributed by atoms with E-state index in [0.717, 1.165) is 32.5 Å². The number of ether oxygens (including phenoxy) is 1. The average molecular weight is 301 g/mol. The molecular formula is C15H15N3O2S. The van der Waals surface area contributed by atoms with E-state index in [2.05, 4.69) is 10.1 Å². The fourth-order valence-corrected chi connectivity index (χ4v) is 2.87. The summed E-state index contributed by atoms with van der Waals surface area (Å²) >= 11 is 1.56. The minimum Gasteiger partial charge on any atom is -0.494 e.